The molecule has 2 aromatic heterocycles. The maximum atomic E-state index is 14.0. The molecule has 0 aliphatic carbocycles. The molecule has 5 rings (SSSR count). The molecule has 0 radical (unpaired) electrons. The second kappa shape index (κ2) is 8.68. The van der Waals surface area contributed by atoms with Crippen LogP contribution in [0.4, 0.5) is 0 Å². The fourth-order valence-corrected chi connectivity index (χ4v) is 6.49. The summed E-state index contributed by atoms with van der Waals surface area (Å²) in [5.41, 5.74) is 2.60. The number of benzene rings is 3. The van der Waals surface area contributed by atoms with Crippen LogP contribution in [0.5, 0.6) is 0 Å². The van der Waals surface area contributed by atoms with E-state index in [4.69, 9.17) is 0 Å². The summed E-state index contributed by atoms with van der Waals surface area (Å²) in [6.07, 6.45) is 1.43. The van der Waals surface area contributed by atoms with Gasteiger partial charge in [0.25, 0.3) is 10.0 Å². The lowest BCUT2D eigenvalue weighted by Crippen LogP contribution is -2.29. The van der Waals surface area contributed by atoms with E-state index in [1.165, 1.54) is 10.8 Å². The van der Waals surface area contributed by atoms with Crippen molar-refractivity contribution in [1.29, 1.82) is 5.26 Å². The fourth-order valence-electron chi connectivity index (χ4n) is 4.56. The monoisotopic (exact) mass is 574 g/mol. The van der Waals surface area contributed by atoms with E-state index < -0.39 is 21.1 Å². The molecular weight excluding hydrogens is 552 g/mol. The van der Waals surface area contributed by atoms with E-state index in [2.05, 4.69) is 27.0 Å². The predicted molar refractivity (Wildman–Crippen MR) is 148 cm³/mol. The molecule has 0 bridgehead atoms. The molecule has 186 valence electrons. The molecule has 0 spiro atoms. The molecule has 5 aromatic rings. The van der Waals surface area contributed by atoms with Crippen LogP contribution in [0.2, 0.25) is 0 Å². The molecule has 9 heteroatoms. The summed E-state index contributed by atoms with van der Waals surface area (Å²) in [7, 11) is -4.25. The Morgan fingerprint density at radius 3 is 2.24 bits per heavy atom. The van der Waals surface area contributed by atoms with Crippen LogP contribution < -0.4 is 5.69 Å². The van der Waals surface area contributed by atoms with Gasteiger partial charge >= 0.3 is 5.69 Å². The second-order valence-electron chi connectivity index (χ2n) is 9.65. The van der Waals surface area contributed by atoms with Gasteiger partial charge < -0.3 is 0 Å². The Kier molecular flexibility index (Phi) is 5.85. The van der Waals surface area contributed by atoms with Crippen molar-refractivity contribution in [3.8, 4) is 11.8 Å². The first-order valence-electron chi connectivity index (χ1n) is 11.5. The average molecular weight is 575 g/mol. The number of fused-ring (bicyclic) bond motifs is 3. The van der Waals surface area contributed by atoms with Gasteiger partial charge in [-0.3, -0.25) is 9.55 Å². The molecule has 0 amide bonds. The highest BCUT2D eigenvalue weighted by Gasteiger charge is 2.28. The number of nitrogens with zero attached hydrogens (tertiary/aromatic N) is 4. The predicted octanol–water partition coefficient (Wildman–Crippen LogP) is 5.76. The standard InChI is InChI=1S/C28H23BrN4O3S/c1-17-11-18(2)13-22(12-17)37(35,36)33-25-15-31-24-10-7-20(29)14-23(24)26(25)32(27(33)34)21-8-5-19(6-9-21)28(3,4)16-30/h5-15H,1-4H3. The van der Waals surface area contributed by atoms with Gasteiger partial charge in [0.2, 0.25) is 0 Å². The number of hydrogen-bond acceptors (Lipinski definition) is 5. The Balaban J connectivity index is 1.90. The number of aryl methyl sites for hydroxylation is 2. The third-order valence-electron chi connectivity index (χ3n) is 6.45. The van der Waals surface area contributed by atoms with Crippen molar-refractivity contribution in [3.63, 3.8) is 0 Å². The van der Waals surface area contributed by atoms with Gasteiger partial charge in [-0.1, -0.05) is 34.1 Å². The van der Waals surface area contributed by atoms with Crippen LogP contribution in [0, 0.1) is 25.2 Å². The number of hydrogen-bond donors (Lipinski definition) is 0. The van der Waals surface area contributed by atoms with Crippen LogP contribution in [0.3, 0.4) is 0 Å². The van der Waals surface area contributed by atoms with Gasteiger partial charge in [0.05, 0.1) is 39.3 Å². The van der Waals surface area contributed by atoms with Crippen LogP contribution in [-0.4, -0.2) is 21.9 Å². The smallest absolute Gasteiger partial charge is 0.259 e. The number of nitriles is 1. The molecule has 0 fully saturated rings. The highest BCUT2D eigenvalue weighted by Crippen LogP contribution is 2.31. The number of pyridine rings is 1. The SMILES string of the molecule is Cc1cc(C)cc(S(=O)(=O)n2c(=O)n(-c3ccc(C(C)(C)C#N)cc3)c3c4cc(Br)ccc4ncc32)c1. The van der Waals surface area contributed by atoms with Gasteiger partial charge in [0, 0.05) is 9.86 Å². The van der Waals surface area contributed by atoms with Crippen molar-refractivity contribution in [2.24, 2.45) is 0 Å². The Morgan fingerprint density at radius 1 is 0.973 bits per heavy atom. The van der Waals surface area contributed by atoms with Crippen molar-refractivity contribution >= 4 is 47.9 Å². The number of halogens is 1. The van der Waals surface area contributed by atoms with Crippen molar-refractivity contribution in [2.45, 2.75) is 38.0 Å². The first kappa shape index (κ1) is 24.9. The third kappa shape index (κ3) is 4.06. The molecule has 0 N–H and O–H groups in total. The molecule has 2 heterocycles. The summed E-state index contributed by atoms with van der Waals surface area (Å²) in [6.45, 7) is 7.25. The number of aromatic nitrogens is 3. The quantitative estimate of drug-likeness (QED) is 0.272. The molecular formula is C28H23BrN4O3S. The summed E-state index contributed by atoms with van der Waals surface area (Å²) in [4.78, 5) is 18.5. The van der Waals surface area contributed by atoms with E-state index in [1.54, 1.807) is 36.4 Å². The van der Waals surface area contributed by atoms with Crippen LogP contribution in [-0.2, 0) is 15.4 Å². The van der Waals surface area contributed by atoms with Crippen LogP contribution in [0.1, 0.15) is 30.5 Å². The molecule has 0 unspecified atom stereocenters. The van der Waals surface area contributed by atoms with Crippen molar-refractivity contribution in [2.75, 3.05) is 0 Å². The molecule has 7 nitrogen and oxygen atoms in total. The summed E-state index contributed by atoms with van der Waals surface area (Å²) >= 11 is 3.48. The summed E-state index contributed by atoms with van der Waals surface area (Å²) in [5, 5.41) is 10.1. The molecule has 0 saturated heterocycles. The van der Waals surface area contributed by atoms with Crippen LogP contribution in [0.25, 0.3) is 27.6 Å². The molecule has 37 heavy (non-hydrogen) atoms. The molecule has 3 aromatic carbocycles. The largest absolute Gasteiger partial charge is 0.348 e. The summed E-state index contributed by atoms with van der Waals surface area (Å²) in [6, 6.07) is 19.8. The van der Waals surface area contributed by atoms with E-state index in [9.17, 15) is 18.5 Å². The van der Waals surface area contributed by atoms with E-state index in [0.717, 1.165) is 25.1 Å². The minimum atomic E-state index is -4.25. The maximum Gasteiger partial charge on any atom is 0.348 e. The number of imidazole rings is 1. The normalized spacial score (nSPS) is 12.2. The zero-order valence-electron chi connectivity index (χ0n) is 20.7. The van der Waals surface area contributed by atoms with E-state index in [0.29, 0.717) is 22.1 Å². The minimum Gasteiger partial charge on any atom is -0.259 e. The second-order valence-corrected chi connectivity index (χ2v) is 12.4. The Labute approximate surface area is 222 Å². The Hall–Kier alpha value is -3.74. The zero-order chi connectivity index (χ0) is 26.7. The zero-order valence-corrected chi connectivity index (χ0v) is 23.1. The van der Waals surface area contributed by atoms with Gasteiger partial charge in [-0.25, -0.2) is 13.2 Å². The maximum absolute atomic E-state index is 14.0. The molecule has 0 aliphatic rings. The molecule has 0 atom stereocenters. The van der Waals surface area contributed by atoms with E-state index >= 15 is 0 Å². The van der Waals surface area contributed by atoms with E-state index in [1.807, 2.05) is 52.0 Å². The van der Waals surface area contributed by atoms with Crippen molar-refractivity contribution in [1.82, 2.24) is 13.5 Å². The highest BCUT2D eigenvalue weighted by molar-refractivity contribution is 9.10. The lowest BCUT2D eigenvalue weighted by molar-refractivity contribution is 0.586. The third-order valence-corrected chi connectivity index (χ3v) is 8.61. The van der Waals surface area contributed by atoms with E-state index in [-0.39, 0.29) is 10.4 Å². The average Bonchev–Trinajstić information content (AvgIpc) is 3.16. The van der Waals surface area contributed by atoms with Crippen molar-refractivity contribution < 1.29 is 8.42 Å². The first-order chi connectivity index (χ1) is 17.4. The van der Waals surface area contributed by atoms with Gasteiger partial charge in [-0.2, -0.15) is 9.23 Å². The number of rotatable bonds is 4. The molecule has 0 saturated carbocycles. The molecule has 0 aliphatic heterocycles. The highest BCUT2D eigenvalue weighted by atomic mass is 79.9. The topological polar surface area (TPSA) is 97.8 Å². The Bertz CT molecular complexity index is 1910. The minimum absolute atomic E-state index is 0.0339. The van der Waals surface area contributed by atoms with Gasteiger partial charge in [-0.05, 0) is 86.8 Å². The Morgan fingerprint density at radius 2 is 1.62 bits per heavy atom. The fraction of sp³-hybridized carbons (Fsp3) is 0.179. The van der Waals surface area contributed by atoms with Crippen molar-refractivity contribution in [3.05, 3.63) is 98.5 Å². The summed E-state index contributed by atoms with van der Waals surface area (Å²) < 4.78 is 30.8. The van der Waals surface area contributed by atoms with Gasteiger partial charge in [-0.15, -0.1) is 0 Å². The lowest BCUT2D eigenvalue weighted by atomic mass is 9.86. The summed E-state index contributed by atoms with van der Waals surface area (Å²) in [5.74, 6) is 0. The van der Waals surface area contributed by atoms with Gasteiger partial charge in [0.1, 0.15) is 5.52 Å². The van der Waals surface area contributed by atoms with Gasteiger partial charge in [0.15, 0.2) is 0 Å². The lowest BCUT2D eigenvalue weighted by Gasteiger charge is -2.16. The van der Waals surface area contributed by atoms with Crippen LogP contribution >= 0.6 is 15.9 Å². The first-order valence-corrected chi connectivity index (χ1v) is 13.7. The van der Waals surface area contributed by atoms with Crippen LogP contribution in [0.15, 0.2) is 81.0 Å².